The summed E-state index contributed by atoms with van der Waals surface area (Å²) in [5.41, 5.74) is 0. The van der Waals surface area contributed by atoms with Crippen molar-refractivity contribution in [2.75, 3.05) is 38.5 Å². The quantitative estimate of drug-likeness (QED) is 0.643. The minimum atomic E-state index is -3.28. The Morgan fingerprint density at radius 1 is 1.47 bits per heavy atom. The molecule has 1 aliphatic heterocycles. The lowest BCUT2D eigenvalue weighted by Crippen LogP contribution is -2.46. The maximum absolute atomic E-state index is 12.0. The highest BCUT2D eigenvalue weighted by molar-refractivity contribution is 7.89. The lowest BCUT2D eigenvalue weighted by molar-refractivity contribution is 0.253. The highest BCUT2D eigenvalue weighted by Crippen LogP contribution is 2.07. The molecule has 1 atom stereocenters. The number of rotatable bonds is 6. The van der Waals surface area contributed by atoms with Gasteiger partial charge in [0.15, 0.2) is 0 Å². The summed E-state index contributed by atoms with van der Waals surface area (Å²) in [7, 11) is -3.28. The summed E-state index contributed by atoms with van der Waals surface area (Å²) in [4.78, 5) is 9.12. The van der Waals surface area contributed by atoms with E-state index in [0.717, 1.165) is 26.2 Å². The van der Waals surface area contributed by atoms with Crippen molar-refractivity contribution in [1.82, 2.24) is 24.9 Å². The molecule has 3 N–H and O–H groups in total. The van der Waals surface area contributed by atoms with E-state index < -0.39 is 10.0 Å². The molecule has 0 amide bonds. The molecule has 2 heterocycles. The SMILES string of the molecule is CC(NS(=O)(=O)CCN1CCNCC1)c1ncc[nH]1. The van der Waals surface area contributed by atoms with E-state index in [2.05, 4.69) is 24.9 Å². The van der Waals surface area contributed by atoms with Gasteiger partial charge in [-0.05, 0) is 6.92 Å². The fourth-order valence-electron chi connectivity index (χ4n) is 2.08. The molecule has 0 bridgehead atoms. The summed E-state index contributed by atoms with van der Waals surface area (Å²) in [6.07, 6.45) is 3.29. The second kappa shape index (κ2) is 6.47. The second-order valence-corrected chi connectivity index (χ2v) is 6.60. The minimum absolute atomic E-state index is 0.123. The van der Waals surface area contributed by atoms with Crippen LogP contribution in [0.25, 0.3) is 0 Å². The van der Waals surface area contributed by atoms with Gasteiger partial charge in [-0.15, -0.1) is 0 Å². The van der Waals surface area contributed by atoms with Crippen LogP contribution in [0.3, 0.4) is 0 Å². The fraction of sp³-hybridized carbons (Fsp3) is 0.727. The Labute approximate surface area is 113 Å². The van der Waals surface area contributed by atoms with Crippen molar-refractivity contribution < 1.29 is 8.42 Å². The smallest absolute Gasteiger partial charge is 0.213 e. The van der Waals surface area contributed by atoms with E-state index in [-0.39, 0.29) is 11.8 Å². The Bertz CT molecular complexity index is 467. The third kappa shape index (κ3) is 4.57. The van der Waals surface area contributed by atoms with Crippen LogP contribution >= 0.6 is 0 Å². The van der Waals surface area contributed by atoms with Crippen molar-refractivity contribution >= 4 is 10.0 Å². The molecule has 2 rings (SSSR count). The van der Waals surface area contributed by atoms with E-state index in [1.54, 1.807) is 19.3 Å². The van der Waals surface area contributed by atoms with Crippen LogP contribution < -0.4 is 10.0 Å². The third-order valence-electron chi connectivity index (χ3n) is 3.17. The van der Waals surface area contributed by atoms with Crippen LogP contribution in [0.2, 0.25) is 0 Å². The van der Waals surface area contributed by atoms with Crippen LogP contribution in [-0.2, 0) is 10.0 Å². The first kappa shape index (κ1) is 14.4. The highest BCUT2D eigenvalue weighted by atomic mass is 32.2. The molecule has 1 unspecified atom stereocenters. The van der Waals surface area contributed by atoms with Crippen molar-refractivity contribution in [3.8, 4) is 0 Å². The van der Waals surface area contributed by atoms with Crippen molar-refractivity contribution in [1.29, 1.82) is 0 Å². The molecule has 0 radical (unpaired) electrons. The molecule has 1 aromatic heterocycles. The maximum atomic E-state index is 12.0. The van der Waals surface area contributed by atoms with E-state index >= 15 is 0 Å². The first-order valence-corrected chi connectivity index (χ1v) is 8.14. The van der Waals surface area contributed by atoms with E-state index in [4.69, 9.17) is 0 Å². The van der Waals surface area contributed by atoms with Gasteiger partial charge < -0.3 is 10.3 Å². The monoisotopic (exact) mass is 287 g/mol. The Balaban J connectivity index is 1.81. The molecule has 8 heteroatoms. The summed E-state index contributed by atoms with van der Waals surface area (Å²) in [6, 6.07) is -0.331. The van der Waals surface area contributed by atoms with Crippen LogP contribution in [0.15, 0.2) is 12.4 Å². The molecule has 7 nitrogen and oxygen atoms in total. The zero-order valence-electron chi connectivity index (χ0n) is 11.1. The normalized spacial score (nSPS) is 19.4. The first-order valence-electron chi connectivity index (χ1n) is 6.49. The number of imidazole rings is 1. The lowest BCUT2D eigenvalue weighted by atomic mass is 10.3. The van der Waals surface area contributed by atoms with Crippen LogP contribution in [0.4, 0.5) is 0 Å². The number of hydrogen-bond donors (Lipinski definition) is 3. The predicted octanol–water partition coefficient (Wildman–Crippen LogP) is -0.705. The topological polar surface area (TPSA) is 90.1 Å². The number of nitrogens with one attached hydrogen (secondary N) is 3. The standard InChI is InChI=1S/C11H21N5O2S/c1-10(11-13-2-3-14-11)15-19(17,18)9-8-16-6-4-12-5-7-16/h2-3,10,12,15H,4-9H2,1H3,(H,13,14). The summed E-state index contributed by atoms with van der Waals surface area (Å²) in [6.45, 7) is 6.02. The van der Waals surface area contributed by atoms with Gasteiger partial charge in [-0.1, -0.05) is 0 Å². The molecule has 1 aliphatic rings. The molecular formula is C11H21N5O2S. The van der Waals surface area contributed by atoms with Crippen molar-refractivity contribution in [2.45, 2.75) is 13.0 Å². The van der Waals surface area contributed by atoms with E-state index in [1.807, 2.05) is 0 Å². The average Bonchev–Trinajstić information content (AvgIpc) is 2.91. The number of nitrogens with zero attached hydrogens (tertiary/aromatic N) is 2. The highest BCUT2D eigenvalue weighted by Gasteiger charge is 2.19. The van der Waals surface area contributed by atoms with Gasteiger partial charge in [0.2, 0.25) is 10.0 Å². The number of piperazine rings is 1. The van der Waals surface area contributed by atoms with Gasteiger partial charge in [0.25, 0.3) is 0 Å². The van der Waals surface area contributed by atoms with Crippen molar-refractivity contribution in [3.63, 3.8) is 0 Å². The number of hydrogen-bond acceptors (Lipinski definition) is 5. The van der Waals surface area contributed by atoms with Gasteiger partial charge in [0.1, 0.15) is 5.82 Å². The zero-order chi connectivity index (χ0) is 13.7. The van der Waals surface area contributed by atoms with E-state index in [9.17, 15) is 8.42 Å². The summed E-state index contributed by atoms with van der Waals surface area (Å²) >= 11 is 0. The molecule has 1 fully saturated rings. The first-order chi connectivity index (χ1) is 9.07. The average molecular weight is 287 g/mol. The van der Waals surface area contributed by atoms with Crippen molar-refractivity contribution in [3.05, 3.63) is 18.2 Å². The van der Waals surface area contributed by atoms with Crippen LogP contribution in [0, 0.1) is 0 Å². The molecule has 0 aliphatic carbocycles. The summed E-state index contributed by atoms with van der Waals surface area (Å²) in [5, 5.41) is 3.24. The molecule has 1 aromatic rings. The van der Waals surface area contributed by atoms with Crippen molar-refractivity contribution in [2.24, 2.45) is 0 Å². The van der Waals surface area contributed by atoms with Gasteiger partial charge >= 0.3 is 0 Å². The van der Waals surface area contributed by atoms with E-state index in [0.29, 0.717) is 12.4 Å². The van der Waals surface area contributed by atoms with Gasteiger partial charge in [-0.25, -0.2) is 18.1 Å². The van der Waals surface area contributed by atoms with Gasteiger partial charge in [-0.2, -0.15) is 0 Å². The Morgan fingerprint density at radius 2 is 2.21 bits per heavy atom. The van der Waals surface area contributed by atoms with Gasteiger partial charge in [-0.3, -0.25) is 4.90 Å². The molecule has 19 heavy (non-hydrogen) atoms. The Kier molecular flexibility index (Phi) is 4.92. The second-order valence-electron chi connectivity index (χ2n) is 4.72. The fourth-order valence-corrected chi connectivity index (χ4v) is 3.35. The van der Waals surface area contributed by atoms with Crippen LogP contribution in [0.1, 0.15) is 18.8 Å². The number of H-pyrrole nitrogens is 1. The predicted molar refractivity (Wildman–Crippen MR) is 73.2 cm³/mol. The zero-order valence-corrected chi connectivity index (χ0v) is 11.9. The molecule has 0 spiro atoms. The molecule has 0 saturated carbocycles. The molecule has 0 aromatic carbocycles. The Hall–Kier alpha value is -0.960. The van der Waals surface area contributed by atoms with Crippen LogP contribution in [0.5, 0.6) is 0 Å². The van der Waals surface area contributed by atoms with Gasteiger partial charge in [0.05, 0.1) is 11.8 Å². The van der Waals surface area contributed by atoms with Crippen LogP contribution in [-0.4, -0.2) is 61.8 Å². The Morgan fingerprint density at radius 3 is 2.84 bits per heavy atom. The number of sulfonamides is 1. The minimum Gasteiger partial charge on any atom is -0.347 e. The lowest BCUT2D eigenvalue weighted by Gasteiger charge is -2.27. The van der Waals surface area contributed by atoms with Gasteiger partial charge in [0, 0.05) is 45.1 Å². The largest absolute Gasteiger partial charge is 0.347 e. The summed E-state index contributed by atoms with van der Waals surface area (Å²) < 4.78 is 26.6. The third-order valence-corrected chi connectivity index (χ3v) is 4.60. The number of aromatic amines is 1. The maximum Gasteiger partial charge on any atom is 0.213 e. The van der Waals surface area contributed by atoms with E-state index in [1.165, 1.54) is 0 Å². The molecule has 1 saturated heterocycles. The summed E-state index contributed by atoms with van der Waals surface area (Å²) in [5.74, 6) is 0.753. The number of aromatic nitrogens is 2. The molecular weight excluding hydrogens is 266 g/mol. The molecule has 108 valence electrons.